The first-order chi connectivity index (χ1) is 16.6. The van der Waals surface area contributed by atoms with Crippen LogP contribution in [0.1, 0.15) is 50.5 Å². The molecule has 0 amide bonds. The number of likely N-dealkylation sites (tertiary alicyclic amines) is 1. The smallest absolute Gasteiger partial charge is 0.151 e. The summed E-state index contributed by atoms with van der Waals surface area (Å²) in [6.07, 6.45) is 7.23. The van der Waals surface area contributed by atoms with Crippen molar-refractivity contribution in [2.75, 3.05) is 31.2 Å². The van der Waals surface area contributed by atoms with Gasteiger partial charge in [0.15, 0.2) is 5.78 Å². The molecular formula is C27H35FN4O2. The molecule has 1 aromatic rings. The first-order valence-electron chi connectivity index (χ1n) is 13.2. The van der Waals surface area contributed by atoms with E-state index in [1.807, 2.05) is 12.1 Å². The minimum Gasteiger partial charge on any atom is -0.380 e. The molecule has 1 aromatic carbocycles. The normalized spacial score (nSPS) is 35.6. The molecular weight excluding hydrogens is 431 g/mol. The average molecular weight is 467 g/mol. The highest BCUT2D eigenvalue weighted by atomic mass is 19.1. The van der Waals surface area contributed by atoms with E-state index in [1.165, 1.54) is 0 Å². The molecule has 1 N–H and O–H groups in total. The van der Waals surface area contributed by atoms with Crippen LogP contribution in [0.25, 0.3) is 0 Å². The minimum absolute atomic E-state index is 0.105. The van der Waals surface area contributed by atoms with Crippen LogP contribution in [0.5, 0.6) is 0 Å². The molecule has 3 unspecified atom stereocenters. The Kier molecular flexibility index (Phi) is 6.09. The predicted molar refractivity (Wildman–Crippen MR) is 127 cm³/mol. The zero-order valence-corrected chi connectivity index (χ0v) is 19.8. The van der Waals surface area contributed by atoms with Crippen LogP contribution in [0.4, 0.5) is 10.1 Å². The van der Waals surface area contributed by atoms with Crippen LogP contribution in [0.15, 0.2) is 18.2 Å². The maximum Gasteiger partial charge on any atom is 0.151 e. The zero-order valence-electron chi connectivity index (χ0n) is 19.8. The van der Waals surface area contributed by atoms with E-state index < -0.39 is 5.92 Å². The summed E-state index contributed by atoms with van der Waals surface area (Å²) in [6, 6.07) is 9.52. The van der Waals surface area contributed by atoms with Crippen LogP contribution in [-0.4, -0.2) is 67.2 Å². The second-order valence-corrected chi connectivity index (χ2v) is 11.2. The highest BCUT2D eigenvalue weighted by Gasteiger charge is 2.44. The monoisotopic (exact) mass is 466 g/mol. The summed E-state index contributed by atoms with van der Waals surface area (Å²) in [7, 11) is 0. The minimum atomic E-state index is -0.484. The van der Waals surface area contributed by atoms with Crippen molar-refractivity contribution in [3.63, 3.8) is 0 Å². The molecule has 0 spiro atoms. The highest BCUT2D eigenvalue weighted by Crippen LogP contribution is 2.38. The van der Waals surface area contributed by atoms with E-state index in [-0.39, 0.29) is 30.5 Å². The quantitative estimate of drug-likeness (QED) is 0.666. The third kappa shape index (κ3) is 4.14. The third-order valence-corrected chi connectivity index (χ3v) is 9.07. The van der Waals surface area contributed by atoms with Crippen molar-refractivity contribution in [2.45, 2.75) is 81.6 Å². The van der Waals surface area contributed by atoms with Crippen LogP contribution in [-0.2, 0) is 16.0 Å². The Balaban J connectivity index is 1.10. The maximum absolute atomic E-state index is 15.2. The number of carbonyl (C=O) groups is 1. The maximum atomic E-state index is 15.2. The van der Waals surface area contributed by atoms with Crippen molar-refractivity contribution in [2.24, 2.45) is 11.8 Å². The van der Waals surface area contributed by atoms with E-state index in [9.17, 15) is 10.1 Å². The van der Waals surface area contributed by atoms with Gasteiger partial charge in [-0.1, -0.05) is 6.07 Å². The largest absolute Gasteiger partial charge is 0.380 e. The molecule has 6 rings (SSSR count). The number of hydrogen-bond donors (Lipinski definition) is 1. The van der Waals surface area contributed by atoms with E-state index in [2.05, 4.69) is 21.2 Å². The number of halogens is 1. The van der Waals surface area contributed by atoms with Crippen molar-refractivity contribution in [3.8, 4) is 6.07 Å². The molecule has 0 radical (unpaired) electrons. The fourth-order valence-electron chi connectivity index (χ4n) is 7.34. The number of ketones is 1. The number of benzene rings is 1. The van der Waals surface area contributed by atoms with Crippen molar-refractivity contribution in [1.82, 2.24) is 10.2 Å². The molecule has 7 atom stereocenters. The first-order valence-corrected chi connectivity index (χ1v) is 13.2. The molecule has 1 aliphatic carbocycles. The summed E-state index contributed by atoms with van der Waals surface area (Å²) in [4.78, 5) is 17.8. The van der Waals surface area contributed by atoms with Gasteiger partial charge in [-0.3, -0.25) is 9.69 Å². The Morgan fingerprint density at radius 1 is 1.18 bits per heavy atom. The molecule has 1 saturated carbocycles. The number of rotatable bonds is 7. The van der Waals surface area contributed by atoms with Crippen LogP contribution in [0, 0.1) is 29.0 Å². The number of carbonyl (C=O) groups excluding carboxylic acids is 1. The zero-order chi connectivity index (χ0) is 23.2. The Morgan fingerprint density at radius 2 is 2.00 bits per heavy atom. The van der Waals surface area contributed by atoms with Gasteiger partial charge in [0.25, 0.3) is 0 Å². The lowest BCUT2D eigenvalue weighted by Gasteiger charge is -2.44. The molecule has 34 heavy (non-hydrogen) atoms. The van der Waals surface area contributed by atoms with Gasteiger partial charge in [0, 0.05) is 56.0 Å². The lowest BCUT2D eigenvalue weighted by atomic mass is 9.88. The van der Waals surface area contributed by atoms with Gasteiger partial charge in [0.05, 0.1) is 24.6 Å². The summed E-state index contributed by atoms with van der Waals surface area (Å²) in [5, 5.41) is 13.1. The molecule has 4 heterocycles. The van der Waals surface area contributed by atoms with E-state index in [0.717, 1.165) is 70.5 Å². The molecule has 182 valence electrons. The molecule has 4 bridgehead atoms. The number of nitriles is 1. The second-order valence-electron chi connectivity index (χ2n) is 11.2. The van der Waals surface area contributed by atoms with Crippen LogP contribution >= 0.6 is 0 Å². The molecule has 4 aliphatic heterocycles. The van der Waals surface area contributed by atoms with E-state index in [4.69, 9.17) is 4.74 Å². The number of nitrogens with one attached hydrogen (secondary N) is 1. The van der Waals surface area contributed by atoms with Crippen molar-refractivity contribution in [1.29, 1.82) is 5.26 Å². The molecule has 4 saturated heterocycles. The Morgan fingerprint density at radius 3 is 2.62 bits per heavy atom. The van der Waals surface area contributed by atoms with Gasteiger partial charge in [-0.15, -0.1) is 0 Å². The summed E-state index contributed by atoms with van der Waals surface area (Å²) >= 11 is 0. The number of piperidine rings is 1. The van der Waals surface area contributed by atoms with Gasteiger partial charge < -0.3 is 15.0 Å². The lowest BCUT2D eigenvalue weighted by molar-refractivity contribution is -0.122. The van der Waals surface area contributed by atoms with E-state index in [1.54, 1.807) is 6.07 Å². The first kappa shape index (κ1) is 22.5. The molecule has 0 aromatic heterocycles. The summed E-state index contributed by atoms with van der Waals surface area (Å²) in [5.41, 5.74) is 1.49. The fraction of sp³-hybridized carbons (Fsp3) is 0.704. The molecule has 6 nitrogen and oxygen atoms in total. The van der Waals surface area contributed by atoms with Gasteiger partial charge >= 0.3 is 0 Å². The number of fused-ring (bicyclic) bond motifs is 4. The van der Waals surface area contributed by atoms with Crippen LogP contribution < -0.4 is 10.2 Å². The van der Waals surface area contributed by atoms with E-state index in [0.29, 0.717) is 35.6 Å². The Bertz CT molecular complexity index is 960. The Labute approximate surface area is 201 Å². The van der Waals surface area contributed by atoms with Crippen LogP contribution in [0.2, 0.25) is 0 Å². The lowest BCUT2D eigenvalue weighted by Crippen LogP contribution is -2.56. The van der Waals surface area contributed by atoms with Gasteiger partial charge in [-0.05, 0) is 68.6 Å². The molecule has 5 aliphatic rings. The van der Waals surface area contributed by atoms with Gasteiger partial charge in [0.2, 0.25) is 0 Å². The topological polar surface area (TPSA) is 68.6 Å². The van der Waals surface area contributed by atoms with Gasteiger partial charge in [-0.25, -0.2) is 4.39 Å². The number of anilines is 1. The third-order valence-electron chi connectivity index (χ3n) is 9.07. The van der Waals surface area contributed by atoms with Crippen molar-refractivity contribution >= 4 is 11.5 Å². The fourth-order valence-corrected chi connectivity index (χ4v) is 7.34. The SMILES string of the molecule is N#C[C@@H](CC(=O)[C@H]1N[C@@H]2CC[C@H]1C2)Cc1ccc(N2C3CCC2CN(C2CCOC2)C3)cc1F. The second kappa shape index (κ2) is 9.22. The number of piperazine rings is 1. The van der Waals surface area contributed by atoms with Crippen LogP contribution in [0.3, 0.4) is 0 Å². The van der Waals surface area contributed by atoms with E-state index >= 15 is 4.39 Å². The number of hydrogen-bond acceptors (Lipinski definition) is 6. The summed E-state index contributed by atoms with van der Waals surface area (Å²) in [5.74, 6) is -0.195. The van der Waals surface area contributed by atoms with Gasteiger partial charge in [-0.2, -0.15) is 5.26 Å². The summed E-state index contributed by atoms with van der Waals surface area (Å²) in [6.45, 7) is 3.73. The van der Waals surface area contributed by atoms with Gasteiger partial charge in [0.1, 0.15) is 5.82 Å². The predicted octanol–water partition coefficient (Wildman–Crippen LogP) is 3.05. The average Bonchev–Trinajstić information content (AvgIpc) is 3.64. The number of nitrogens with zero attached hydrogens (tertiary/aromatic N) is 3. The number of ether oxygens (including phenoxy) is 1. The molecule has 7 heteroatoms. The standard InChI is InChI=1S/C27H35FN4O2/c28-25-12-21(32-22-5-6-23(32)15-31(14-22)24-7-8-34-16-24)4-2-18(25)9-17(13-29)10-26(33)27-19-1-3-20(11-19)30-27/h2,4,12,17,19-20,22-24,27,30H,1,3,5-11,14-16H2/t17-,19+,20-,22?,23?,24?,27+/m1/s1. The Hall–Kier alpha value is -2.01. The summed E-state index contributed by atoms with van der Waals surface area (Å²) < 4.78 is 20.8. The molecule has 5 fully saturated rings. The highest BCUT2D eigenvalue weighted by molar-refractivity contribution is 5.85. The van der Waals surface area contributed by atoms with Crippen molar-refractivity contribution in [3.05, 3.63) is 29.6 Å². The van der Waals surface area contributed by atoms with Crippen molar-refractivity contribution < 1.29 is 13.9 Å². The number of Topliss-reactive ketones (excluding diaryl/α,β-unsaturated/α-hetero) is 1.